The van der Waals surface area contributed by atoms with Gasteiger partial charge in [0.2, 0.25) is 24.2 Å². The molecule has 0 bridgehead atoms. The number of piperazine rings is 1. The van der Waals surface area contributed by atoms with E-state index in [1.165, 1.54) is 67.8 Å². The quantitative estimate of drug-likeness (QED) is 0.0654. The number of hydrogen-bond donors (Lipinski definition) is 4. The Bertz CT molecular complexity index is 2130. The topological polar surface area (TPSA) is 164 Å². The SMILES string of the molecule is CC.CC.CC(c1cccc(SN2CCCCC2)c1)N1CCN(c2ccc3c(NC(=O)CCNC=O)nn(C)c3c2)CC1.CNc1ncc2c(n1)N(C)C(=O)C21CC1.OC1CCCCC1. The van der Waals surface area contributed by atoms with E-state index in [0.29, 0.717) is 30.8 Å². The largest absolute Gasteiger partial charge is 0.393 e. The molecule has 15 nitrogen and oxygen atoms in total. The van der Waals surface area contributed by atoms with Gasteiger partial charge < -0.3 is 26.0 Å². The Kier molecular flexibility index (Phi) is 19.9. The lowest BCUT2D eigenvalue weighted by atomic mass is 9.98. The van der Waals surface area contributed by atoms with Crippen LogP contribution in [0.5, 0.6) is 0 Å². The van der Waals surface area contributed by atoms with Crippen molar-refractivity contribution < 1.29 is 19.5 Å². The van der Waals surface area contributed by atoms with Crippen LogP contribution in [0.4, 0.5) is 23.3 Å². The minimum Gasteiger partial charge on any atom is -0.393 e. The van der Waals surface area contributed by atoms with Crippen LogP contribution in [0, 0.1) is 0 Å². The minimum atomic E-state index is -0.268. The average Bonchev–Trinajstić information content (AvgIpc) is 4.07. The van der Waals surface area contributed by atoms with Crippen LogP contribution in [0.25, 0.3) is 10.9 Å². The summed E-state index contributed by atoms with van der Waals surface area (Å²) in [7, 11) is 5.44. The number of aromatic nitrogens is 4. The van der Waals surface area contributed by atoms with Crippen LogP contribution >= 0.6 is 11.9 Å². The van der Waals surface area contributed by atoms with Crippen molar-refractivity contribution in [2.45, 2.75) is 128 Å². The number of carbonyl (C=O) groups excluding carboxylic acids is 3. The molecule has 2 aliphatic carbocycles. The second-order valence-corrected chi connectivity index (χ2v) is 18.0. The number of aryl methyl sites for hydroxylation is 1. The van der Waals surface area contributed by atoms with Gasteiger partial charge >= 0.3 is 0 Å². The van der Waals surface area contributed by atoms with Crippen molar-refractivity contribution in [2.75, 3.05) is 80.3 Å². The van der Waals surface area contributed by atoms with Crippen LogP contribution in [-0.2, 0) is 26.8 Å². The Balaban J connectivity index is 0.000000247. The van der Waals surface area contributed by atoms with Crippen molar-refractivity contribution in [2.24, 2.45) is 7.05 Å². The molecule has 3 amide bonds. The molecule has 4 fully saturated rings. The molecule has 356 valence electrons. The fraction of sp³-hybridized carbons (Fsp3) is 0.592. The first-order chi connectivity index (χ1) is 31.6. The molecular weight excluding hydrogens is 839 g/mol. The van der Waals surface area contributed by atoms with Crippen LogP contribution in [0.1, 0.15) is 122 Å². The third-order valence-electron chi connectivity index (χ3n) is 12.7. The molecule has 65 heavy (non-hydrogen) atoms. The van der Waals surface area contributed by atoms with Gasteiger partial charge in [-0.05, 0) is 93.3 Å². The first kappa shape index (κ1) is 51.2. The number of benzene rings is 2. The highest BCUT2D eigenvalue weighted by molar-refractivity contribution is 7.97. The van der Waals surface area contributed by atoms with Gasteiger partial charge in [0.15, 0.2) is 5.82 Å². The van der Waals surface area contributed by atoms with E-state index in [1.54, 1.807) is 25.2 Å². The number of aliphatic hydroxyl groups is 1. The van der Waals surface area contributed by atoms with E-state index in [-0.39, 0.29) is 29.8 Å². The Hall–Kier alpha value is -4.77. The number of anilines is 4. The summed E-state index contributed by atoms with van der Waals surface area (Å²) in [4.78, 5) is 51.1. The monoisotopic (exact) mass is 914 g/mol. The molecule has 2 saturated carbocycles. The zero-order valence-corrected chi connectivity index (χ0v) is 41.1. The van der Waals surface area contributed by atoms with Crippen molar-refractivity contribution in [1.29, 1.82) is 0 Å². The molecule has 2 aromatic carbocycles. The first-order valence-electron chi connectivity index (χ1n) is 24.1. The van der Waals surface area contributed by atoms with Crippen molar-refractivity contribution in [3.05, 3.63) is 59.8 Å². The maximum Gasteiger partial charge on any atom is 0.238 e. The van der Waals surface area contributed by atoms with E-state index in [4.69, 9.17) is 5.11 Å². The number of nitrogens with zero attached hydrogens (tertiary/aromatic N) is 8. The highest BCUT2D eigenvalue weighted by Gasteiger charge is 2.59. The zero-order chi connectivity index (χ0) is 46.9. The van der Waals surface area contributed by atoms with E-state index < -0.39 is 0 Å². The van der Waals surface area contributed by atoms with Gasteiger partial charge in [-0.25, -0.2) is 9.29 Å². The second kappa shape index (κ2) is 25.2. The molecule has 1 spiro atoms. The van der Waals surface area contributed by atoms with Gasteiger partial charge in [0.05, 0.1) is 17.0 Å². The number of carbonyl (C=O) groups is 3. The molecule has 16 heteroatoms. The maximum atomic E-state index is 12.2. The molecule has 1 atom stereocenters. The third-order valence-corrected chi connectivity index (χ3v) is 13.7. The predicted molar refractivity (Wildman–Crippen MR) is 266 cm³/mol. The minimum absolute atomic E-state index is 0.0359. The summed E-state index contributed by atoms with van der Waals surface area (Å²) >= 11 is 1.91. The van der Waals surface area contributed by atoms with Crippen LogP contribution in [0.3, 0.4) is 0 Å². The van der Waals surface area contributed by atoms with E-state index in [9.17, 15) is 14.4 Å². The molecule has 5 aliphatic rings. The van der Waals surface area contributed by atoms with Gasteiger partial charge in [0.25, 0.3) is 0 Å². The van der Waals surface area contributed by atoms with Gasteiger partial charge in [0, 0.05) is 107 Å². The number of likely N-dealkylation sites (N-methyl/N-ethyl adjacent to an activating group) is 1. The summed E-state index contributed by atoms with van der Waals surface area (Å²) in [6.45, 7) is 16.9. The highest BCUT2D eigenvalue weighted by Crippen LogP contribution is 2.56. The van der Waals surface area contributed by atoms with Gasteiger partial charge in [-0.3, -0.25) is 28.9 Å². The fourth-order valence-corrected chi connectivity index (χ4v) is 9.86. The van der Waals surface area contributed by atoms with Crippen LogP contribution < -0.4 is 25.8 Å². The molecule has 2 saturated heterocycles. The Morgan fingerprint density at radius 1 is 0.938 bits per heavy atom. The molecular formula is C49H75N11O4S. The summed E-state index contributed by atoms with van der Waals surface area (Å²) in [6.07, 6.45) is 14.4. The van der Waals surface area contributed by atoms with Crippen molar-refractivity contribution >= 4 is 64.3 Å². The lowest BCUT2D eigenvalue weighted by Crippen LogP contribution is -2.47. The van der Waals surface area contributed by atoms with Gasteiger partial charge in [-0.1, -0.05) is 65.5 Å². The smallest absolute Gasteiger partial charge is 0.238 e. The molecule has 0 radical (unpaired) electrons. The normalized spacial score (nSPS) is 18.3. The van der Waals surface area contributed by atoms with Crippen molar-refractivity contribution in [1.82, 2.24) is 34.3 Å². The number of fused-ring (bicyclic) bond motifs is 3. The van der Waals surface area contributed by atoms with Gasteiger partial charge in [-0.15, -0.1) is 0 Å². The highest BCUT2D eigenvalue weighted by atomic mass is 32.2. The predicted octanol–water partition coefficient (Wildman–Crippen LogP) is 7.91. The first-order valence-corrected chi connectivity index (χ1v) is 24.8. The summed E-state index contributed by atoms with van der Waals surface area (Å²) in [5.74, 6) is 1.87. The summed E-state index contributed by atoms with van der Waals surface area (Å²) in [5.41, 5.74) is 4.27. The number of piperidine rings is 1. The Labute approximate surface area is 391 Å². The number of amides is 3. The molecule has 9 rings (SSSR count). The van der Waals surface area contributed by atoms with Crippen molar-refractivity contribution in [3.8, 4) is 0 Å². The van der Waals surface area contributed by atoms with Gasteiger partial charge in [-0.2, -0.15) is 10.1 Å². The fourth-order valence-electron chi connectivity index (χ4n) is 8.80. The summed E-state index contributed by atoms with van der Waals surface area (Å²) in [5, 5.41) is 22.6. The Morgan fingerprint density at radius 2 is 1.63 bits per heavy atom. The van der Waals surface area contributed by atoms with Crippen LogP contribution in [0.2, 0.25) is 0 Å². The molecule has 3 aliphatic heterocycles. The standard InChI is InChI=1S/C29H39N7O2S.C10H12N4O.C6H12O.2C2H6/c1-22(23-7-6-8-25(19-23)39-36-13-4-3-5-14-36)34-15-17-35(18-16-34)24-9-10-26-27(20-24)33(2)32-29(26)31-28(38)11-12-30-21-37;1-11-9-12-5-6-7(13-9)14(2)8(15)10(6)3-4-10;7-6-4-2-1-3-5-6;2*1-2/h6-10,19-22H,3-5,11-18H2,1-2H3,(H,30,37)(H,31,32,38);5H,3-4H2,1-2H3,(H,11,12,13);6-7H,1-5H2;2*1-2H3. The van der Waals surface area contributed by atoms with Crippen LogP contribution in [-0.4, -0.2) is 118 Å². The summed E-state index contributed by atoms with van der Waals surface area (Å²) in [6, 6.07) is 15.8. The molecule has 2 aromatic heterocycles. The van der Waals surface area contributed by atoms with Crippen LogP contribution in [0.15, 0.2) is 53.6 Å². The third kappa shape index (κ3) is 13.2. The van der Waals surface area contributed by atoms with Gasteiger partial charge in [0.1, 0.15) is 5.82 Å². The lowest BCUT2D eigenvalue weighted by Gasteiger charge is -2.39. The summed E-state index contributed by atoms with van der Waals surface area (Å²) < 4.78 is 4.32. The number of rotatable bonds is 11. The molecule has 5 heterocycles. The van der Waals surface area contributed by atoms with Crippen molar-refractivity contribution in [3.63, 3.8) is 0 Å². The van der Waals surface area contributed by atoms with E-state index in [1.807, 2.05) is 57.4 Å². The molecule has 4 N–H and O–H groups in total. The number of hydrogen-bond acceptors (Lipinski definition) is 12. The average molecular weight is 914 g/mol. The Morgan fingerprint density at radius 3 is 2.26 bits per heavy atom. The molecule has 4 aromatic rings. The number of nitrogens with one attached hydrogen (secondary N) is 3. The second-order valence-electron chi connectivity index (χ2n) is 16.8. The van der Waals surface area contributed by atoms with E-state index in [0.717, 1.165) is 74.1 Å². The lowest BCUT2D eigenvalue weighted by molar-refractivity contribution is -0.120. The van der Waals surface area contributed by atoms with E-state index in [2.05, 4.69) is 88.4 Å². The molecule has 1 unspecified atom stereocenters. The maximum absolute atomic E-state index is 12.2. The number of aliphatic hydroxyl groups excluding tert-OH is 1. The zero-order valence-electron chi connectivity index (χ0n) is 40.2. The van der Waals surface area contributed by atoms with E-state index >= 15 is 0 Å².